The molecule has 4 heteroatoms. The maximum absolute atomic E-state index is 13.2. The lowest BCUT2D eigenvalue weighted by Crippen LogP contribution is -2.23. The molecule has 0 heterocycles. The van der Waals surface area contributed by atoms with Gasteiger partial charge in [0.25, 0.3) is 0 Å². The fraction of sp³-hybridized carbons (Fsp3) is 0.400. The Morgan fingerprint density at radius 1 is 1.29 bits per heavy atom. The van der Waals surface area contributed by atoms with E-state index in [0.29, 0.717) is 12.0 Å². The van der Waals surface area contributed by atoms with Crippen molar-refractivity contribution >= 4 is 0 Å². The fourth-order valence-electron chi connectivity index (χ4n) is 1.33. The third-order valence-corrected chi connectivity index (χ3v) is 1.99. The SMILES string of the molecule is CC(N)CC(N)c1ccc(F)cc1F. The van der Waals surface area contributed by atoms with Crippen molar-refractivity contribution in [1.82, 2.24) is 0 Å². The van der Waals surface area contributed by atoms with Crippen LogP contribution in [-0.4, -0.2) is 6.04 Å². The number of halogens is 2. The molecule has 14 heavy (non-hydrogen) atoms. The summed E-state index contributed by atoms with van der Waals surface area (Å²) < 4.78 is 25.8. The van der Waals surface area contributed by atoms with Gasteiger partial charge in [-0.15, -0.1) is 0 Å². The van der Waals surface area contributed by atoms with Crippen molar-refractivity contribution in [2.45, 2.75) is 25.4 Å². The zero-order valence-electron chi connectivity index (χ0n) is 8.00. The van der Waals surface area contributed by atoms with Crippen LogP contribution in [0.1, 0.15) is 24.9 Å². The Labute approximate surface area is 81.9 Å². The predicted octanol–water partition coefficient (Wildman–Crippen LogP) is 1.70. The maximum Gasteiger partial charge on any atom is 0.130 e. The Bertz CT molecular complexity index is 313. The largest absolute Gasteiger partial charge is 0.328 e. The normalized spacial score (nSPS) is 15.2. The first-order valence-electron chi connectivity index (χ1n) is 4.47. The minimum absolute atomic E-state index is 0.102. The number of hydrogen-bond donors (Lipinski definition) is 2. The van der Waals surface area contributed by atoms with E-state index in [0.717, 1.165) is 6.07 Å². The molecule has 0 radical (unpaired) electrons. The van der Waals surface area contributed by atoms with Crippen molar-refractivity contribution in [2.75, 3.05) is 0 Å². The molecule has 0 saturated carbocycles. The molecule has 1 aromatic carbocycles. The Balaban J connectivity index is 2.84. The molecule has 0 fully saturated rings. The van der Waals surface area contributed by atoms with E-state index in [1.807, 2.05) is 0 Å². The molecule has 1 rings (SSSR count). The third kappa shape index (κ3) is 2.75. The van der Waals surface area contributed by atoms with Crippen molar-refractivity contribution in [3.63, 3.8) is 0 Å². The summed E-state index contributed by atoms with van der Waals surface area (Å²) in [6.07, 6.45) is 0.475. The molecule has 0 aliphatic carbocycles. The third-order valence-electron chi connectivity index (χ3n) is 1.99. The summed E-state index contributed by atoms with van der Waals surface area (Å²) in [5.41, 5.74) is 11.5. The molecule has 2 unspecified atom stereocenters. The molecule has 0 spiro atoms. The van der Waals surface area contributed by atoms with Crippen molar-refractivity contribution in [2.24, 2.45) is 11.5 Å². The van der Waals surface area contributed by atoms with Gasteiger partial charge in [-0.25, -0.2) is 8.78 Å². The molecule has 0 aliphatic heterocycles. The van der Waals surface area contributed by atoms with E-state index < -0.39 is 17.7 Å². The molecule has 78 valence electrons. The number of nitrogens with two attached hydrogens (primary N) is 2. The molecule has 0 amide bonds. The van der Waals surface area contributed by atoms with Crippen LogP contribution in [0.3, 0.4) is 0 Å². The van der Waals surface area contributed by atoms with E-state index in [2.05, 4.69) is 0 Å². The maximum atomic E-state index is 13.2. The van der Waals surface area contributed by atoms with Crippen LogP contribution in [0.15, 0.2) is 18.2 Å². The fourth-order valence-corrected chi connectivity index (χ4v) is 1.33. The standard InChI is InChI=1S/C10H14F2N2/c1-6(13)4-10(14)8-3-2-7(11)5-9(8)12/h2-3,5-6,10H,4,13-14H2,1H3. The first-order valence-corrected chi connectivity index (χ1v) is 4.47. The van der Waals surface area contributed by atoms with Gasteiger partial charge in [0.2, 0.25) is 0 Å². The predicted molar refractivity (Wildman–Crippen MR) is 51.6 cm³/mol. The van der Waals surface area contributed by atoms with Gasteiger partial charge in [0.15, 0.2) is 0 Å². The lowest BCUT2D eigenvalue weighted by atomic mass is 10.0. The van der Waals surface area contributed by atoms with E-state index in [-0.39, 0.29) is 6.04 Å². The minimum Gasteiger partial charge on any atom is -0.328 e. The van der Waals surface area contributed by atoms with Crippen molar-refractivity contribution in [3.8, 4) is 0 Å². The van der Waals surface area contributed by atoms with Crippen LogP contribution in [-0.2, 0) is 0 Å². The van der Waals surface area contributed by atoms with Crippen molar-refractivity contribution < 1.29 is 8.78 Å². The molecule has 1 aromatic rings. The summed E-state index contributed by atoms with van der Waals surface area (Å²) in [4.78, 5) is 0. The van der Waals surface area contributed by atoms with Gasteiger partial charge in [-0.3, -0.25) is 0 Å². The second-order valence-corrected chi connectivity index (χ2v) is 3.49. The van der Waals surface area contributed by atoms with E-state index in [1.54, 1.807) is 6.92 Å². The first kappa shape index (κ1) is 11.1. The van der Waals surface area contributed by atoms with Gasteiger partial charge >= 0.3 is 0 Å². The van der Waals surface area contributed by atoms with Gasteiger partial charge < -0.3 is 11.5 Å². The average Bonchev–Trinajstić information content (AvgIpc) is 2.01. The highest BCUT2D eigenvalue weighted by molar-refractivity contribution is 5.21. The zero-order chi connectivity index (χ0) is 10.7. The lowest BCUT2D eigenvalue weighted by molar-refractivity contribution is 0.520. The molecule has 2 atom stereocenters. The topological polar surface area (TPSA) is 52.0 Å². The van der Waals surface area contributed by atoms with E-state index in [1.165, 1.54) is 12.1 Å². The van der Waals surface area contributed by atoms with E-state index in [4.69, 9.17) is 11.5 Å². The van der Waals surface area contributed by atoms with Crippen molar-refractivity contribution in [3.05, 3.63) is 35.4 Å². The molecule has 0 bridgehead atoms. The van der Waals surface area contributed by atoms with Crippen LogP contribution in [0.2, 0.25) is 0 Å². The highest BCUT2D eigenvalue weighted by atomic mass is 19.1. The van der Waals surface area contributed by atoms with E-state index in [9.17, 15) is 8.78 Å². The summed E-state index contributed by atoms with van der Waals surface area (Å²) >= 11 is 0. The van der Waals surface area contributed by atoms with Crippen LogP contribution in [0.4, 0.5) is 8.78 Å². The van der Waals surface area contributed by atoms with Gasteiger partial charge in [0.05, 0.1) is 0 Å². The summed E-state index contributed by atoms with van der Waals surface area (Å²) in [5.74, 6) is -1.21. The van der Waals surface area contributed by atoms with Gasteiger partial charge in [-0.1, -0.05) is 6.07 Å². The molecule has 4 N–H and O–H groups in total. The summed E-state index contributed by atoms with van der Waals surface area (Å²) in [6.45, 7) is 1.79. The highest BCUT2D eigenvalue weighted by Crippen LogP contribution is 2.19. The molecule has 0 aromatic heterocycles. The Hall–Kier alpha value is -1.00. The van der Waals surface area contributed by atoms with E-state index >= 15 is 0 Å². The molecular weight excluding hydrogens is 186 g/mol. The van der Waals surface area contributed by atoms with Crippen molar-refractivity contribution in [1.29, 1.82) is 0 Å². The van der Waals surface area contributed by atoms with Crippen LogP contribution in [0.5, 0.6) is 0 Å². The first-order chi connectivity index (χ1) is 6.50. The van der Waals surface area contributed by atoms with Gasteiger partial charge in [-0.05, 0) is 19.4 Å². The number of rotatable bonds is 3. The van der Waals surface area contributed by atoms with Crippen LogP contribution >= 0.6 is 0 Å². The smallest absolute Gasteiger partial charge is 0.130 e. The molecular formula is C10H14F2N2. The Kier molecular flexibility index (Phi) is 3.55. The monoisotopic (exact) mass is 200 g/mol. The van der Waals surface area contributed by atoms with Gasteiger partial charge in [0, 0.05) is 23.7 Å². The Morgan fingerprint density at radius 2 is 1.93 bits per heavy atom. The number of benzene rings is 1. The second-order valence-electron chi connectivity index (χ2n) is 3.49. The summed E-state index contributed by atoms with van der Waals surface area (Å²) in [7, 11) is 0. The highest BCUT2D eigenvalue weighted by Gasteiger charge is 2.13. The molecule has 0 saturated heterocycles. The zero-order valence-corrected chi connectivity index (χ0v) is 8.00. The van der Waals surface area contributed by atoms with Crippen LogP contribution in [0.25, 0.3) is 0 Å². The average molecular weight is 200 g/mol. The number of hydrogen-bond acceptors (Lipinski definition) is 2. The van der Waals surface area contributed by atoms with Crippen LogP contribution in [0, 0.1) is 11.6 Å². The second kappa shape index (κ2) is 4.48. The minimum atomic E-state index is -0.613. The van der Waals surface area contributed by atoms with Crippen LogP contribution < -0.4 is 11.5 Å². The quantitative estimate of drug-likeness (QED) is 0.780. The lowest BCUT2D eigenvalue weighted by Gasteiger charge is -2.14. The van der Waals surface area contributed by atoms with Gasteiger partial charge in [0.1, 0.15) is 11.6 Å². The van der Waals surface area contributed by atoms with Gasteiger partial charge in [-0.2, -0.15) is 0 Å². The molecule has 0 aliphatic rings. The summed E-state index contributed by atoms with van der Waals surface area (Å²) in [6, 6.07) is 2.80. The molecule has 2 nitrogen and oxygen atoms in total. The summed E-state index contributed by atoms with van der Waals surface area (Å²) in [5, 5.41) is 0. The Morgan fingerprint density at radius 3 is 2.43 bits per heavy atom.